The minimum absolute atomic E-state index is 0. The zero-order valence-corrected chi connectivity index (χ0v) is 15.0. The van der Waals surface area contributed by atoms with Crippen LogP contribution in [-0.2, 0) is 19.6 Å². The van der Waals surface area contributed by atoms with Crippen molar-refractivity contribution in [2.75, 3.05) is 0 Å². The number of hydrogen-bond donors (Lipinski definition) is 1. The Balaban J connectivity index is 0.00000243. The maximum atomic E-state index is 11.2. The van der Waals surface area contributed by atoms with Crippen molar-refractivity contribution in [2.45, 2.75) is 19.6 Å². The number of pyridine rings is 3. The lowest BCUT2D eigenvalue weighted by molar-refractivity contribution is 0.1000. The van der Waals surface area contributed by atoms with E-state index < -0.39 is 5.91 Å². The molecule has 6 nitrogen and oxygen atoms in total. The Morgan fingerprint density at radius 3 is 1.73 bits per heavy atom. The Kier molecular flexibility index (Phi) is 7.20. The number of carbonyl (C=O) groups is 1. The molecule has 1 amide bonds. The van der Waals surface area contributed by atoms with Crippen LogP contribution >= 0.6 is 12.4 Å². The summed E-state index contributed by atoms with van der Waals surface area (Å²) in [5, 5.41) is 0. The molecule has 0 aliphatic heterocycles. The first-order valence-electron chi connectivity index (χ1n) is 7.97. The number of nitrogens with zero attached hydrogens (tertiary/aromatic N) is 4. The van der Waals surface area contributed by atoms with Gasteiger partial charge in [-0.2, -0.15) is 0 Å². The van der Waals surface area contributed by atoms with Crippen molar-refractivity contribution in [1.82, 2.24) is 19.9 Å². The van der Waals surface area contributed by atoms with E-state index >= 15 is 0 Å². The summed E-state index contributed by atoms with van der Waals surface area (Å²) in [4.78, 5) is 26.5. The van der Waals surface area contributed by atoms with Crippen molar-refractivity contribution in [1.29, 1.82) is 0 Å². The Morgan fingerprint density at radius 1 is 0.808 bits per heavy atom. The van der Waals surface area contributed by atoms with Crippen LogP contribution in [0.1, 0.15) is 27.4 Å². The molecular formula is C19H20ClN5O. The summed E-state index contributed by atoms with van der Waals surface area (Å²) in [6.07, 6.45) is 5.08. The quantitative estimate of drug-likeness (QED) is 0.691. The van der Waals surface area contributed by atoms with Gasteiger partial charge >= 0.3 is 0 Å². The third-order valence-electron chi connectivity index (χ3n) is 3.72. The van der Waals surface area contributed by atoms with Gasteiger partial charge in [0.2, 0.25) is 5.91 Å². The third-order valence-corrected chi connectivity index (χ3v) is 3.72. The maximum Gasteiger partial charge on any atom is 0.250 e. The van der Waals surface area contributed by atoms with Gasteiger partial charge in [0.25, 0.3) is 0 Å². The van der Waals surface area contributed by atoms with E-state index in [2.05, 4.69) is 19.9 Å². The maximum absolute atomic E-state index is 11.2. The van der Waals surface area contributed by atoms with Crippen molar-refractivity contribution < 1.29 is 4.79 Å². The van der Waals surface area contributed by atoms with E-state index in [1.165, 1.54) is 6.20 Å². The van der Waals surface area contributed by atoms with Crippen LogP contribution in [-0.4, -0.2) is 25.8 Å². The Bertz CT molecular complexity index is 771. The van der Waals surface area contributed by atoms with Gasteiger partial charge in [-0.1, -0.05) is 12.1 Å². The van der Waals surface area contributed by atoms with Crippen LogP contribution in [0.5, 0.6) is 0 Å². The SMILES string of the molecule is Cl.NC(=O)c1ccc(CN(Cc2ccccn2)Cc2ccccn2)nc1. The van der Waals surface area contributed by atoms with E-state index in [-0.39, 0.29) is 12.4 Å². The van der Waals surface area contributed by atoms with E-state index in [9.17, 15) is 4.79 Å². The summed E-state index contributed by atoms with van der Waals surface area (Å²) >= 11 is 0. The molecule has 0 aliphatic rings. The van der Waals surface area contributed by atoms with Gasteiger partial charge in [-0.25, -0.2) is 0 Å². The molecule has 2 N–H and O–H groups in total. The lowest BCUT2D eigenvalue weighted by Gasteiger charge is -2.21. The van der Waals surface area contributed by atoms with Crippen molar-refractivity contribution in [3.8, 4) is 0 Å². The highest BCUT2D eigenvalue weighted by atomic mass is 35.5. The van der Waals surface area contributed by atoms with Gasteiger partial charge in [-0.15, -0.1) is 12.4 Å². The molecule has 0 aromatic carbocycles. The molecule has 3 heterocycles. The van der Waals surface area contributed by atoms with E-state index in [0.29, 0.717) is 25.2 Å². The van der Waals surface area contributed by atoms with Crippen LogP contribution < -0.4 is 5.73 Å². The molecule has 26 heavy (non-hydrogen) atoms. The second-order valence-electron chi connectivity index (χ2n) is 5.69. The fourth-order valence-corrected chi connectivity index (χ4v) is 2.50. The van der Waals surface area contributed by atoms with Crippen LogP contribution in [0.25, 0.3) is 0 Å². The number of aromatic nitrogens is 3. The lowest BCUT2D eigenvalue weighted by Crippen LogP contribution is -2.24. The molecule has 0 unspecified atom stereocenters. The van der Waals surface area contributed by atoms with Crippen molar-refractivity contribution in [3.63, 3.8) is 0 Å². The second-order valence-corrected chi connectivity index (χ2v) is 5.69. The molecule has 3 aromatic heterocycles. The molecule has 0 spiro atoms. The topological polar surface area (TPSA) is 85.0 Å². The number of hydrogen-bond acceptors (Lipinski definition) is 5. The number of nitrogens with two attached hydrogens (primary N) is 1. The van der Waals surface area contributed by atoms with Gasteiger partial charge in [-0.05, 0) is 36.4 Å². The van der Waals surface area contributed by atoms with Crippen LogP contribution in [0.4, 0.5) is 0 Å². The zero-order chi connectivity index (χ0) is 17.5. The van der Waals surface area contributed by atoms with Crippen LogP contribution in [0.15, 0.2) is 67.1 Å². The first kappa shape index (κ1) is 19.5. The fraction of sp³-hybridized carbons (Fsp3) is 0.158. The highest BCUT2D eigenvalue weighted by Gasteiger charge is 2.11. The van der Waals surface area contributed by atoms with Gasteiger partial charge in [0.05, 0.1) is 22.6 Å². The molecule has 0 saturated heterocycles. The molecule has 0 aliphatic carbocycles. The van der Waals surface area contributed by atoms with Crippen molar-refractivity contribution in [2.24, 2.45) is 5.73 Å². The molecule has 0 radical (unpaired) electrons. The van der Waals surface area contributed by atoms with E-state index in [0.717, 1.165) is 17.1 Å². The summed E-state index contributed by atoms with van der Waals surface area (Å²) < 4.78 is 0. The normalized spacial score (nSPS) is 10.3. The first-order valence-corrected chi connectivity index (χ1v) is 7.97. The summed E-state index contributed by atoms with van der Waals surface area (Å²) in [7, 11) is 0. The van der Waals surface area contributed by atoms with E-state index in [1.54, 1.807) is 18.5 Å². The molecule has 0 saturated carbocycles. The number of halogens is 1. The molecule has 3 aromatic rings. The van der Waals surface area contributed by atoms with Gasteiger partial charge in [-0.3, -0.25) is 24.6 Å². The van der Waals surface area contributed by atoms with Gasteiger partial charge < -0.3 is 5.73 Å². The molecule has 3 rings (SSSR count). The standard InChI is InChI=1S/C19H19N5O.ClH/c20-19(25)15-7-8-18(23-11-15)14-24(12-16-5-1-3-9-21-16)13-17-6-2-4-10-22-17;/h1-11H,12-14H2,(H2,20,25);1H. The molecule has 0 fully saturated rings. The van der Waals surface area contributed by atoms with Crippen molar-refractivity contribution in [3.05, 3.63) is 89.8 Å². The predicted molar refractivity (Wildman–Crippen MR) is 101 cm³/mol. The van der Waals surface area contributed by atoms with Gasteiger partial charge in [0, 0.05) is 38.2 Å². The summed E-state index contributed by atoms with van der Waals surface area (Å²) in [5.74, 6) is -0.474. The number of carbonyl (C=O) groups excluding carboxylic acids is 1. The Hall–Kier alpha value is -2.83. The predicted octanol–water partition coefficient (Wildman–Crippen LogP) is 2.59. The minimum atomic E-state index is -0.474. The first-order chi connectivity index (χ1) is 12.2. The van der Waals surface area contributed by atoms with Crippen LogP contribution in [0, 0.1) is 0 Å². The number of primary amides is 1. The summed E-state index contributed by atoms with van der Waals surface area (Å²) in [6, 6.07) is 15.3. The van der Waals surface area contributed by atoms with E-state index in [1.807, 2.05) is 42.5 Å². The highest BCUT2D eigenvalue weighted by Crippen LogP contribution is 2.11. The highest BCUT2D eigenvalue weighted by molar-refractivity contribution is 5.92. The second kappa shape index (κ2) is 9.60. The third kappa shape index (κ3) is 5.61. The summed E-state index contributed by atoms with van der Waals surface area (Å²) in [6.45, 7) is 1.97. The van der Waals surface area contributed by atoms with Gasteiger partial charge in [0.15, 0.2) is 0 Å². The Morgan fingerprint density at radius 2 is 1.35 bits per heavy atom. The van der Waals surface area contributed by atoms with E-state index in [4.69, 9.17) is 5.73 Å². The van der Waals surface area contributed by atoms with Crippen LogP contribution in [0.3, 0.4) is 0 Å². The monoisotopic (exact) mass is 369 g/mol. The molecule has 7 heteroatoms. The smallest absolute Gasteiger partial charge is 0.250 e. The summed E-state index contributed by atoms with van der Waals surface area (Å²) in [5.41, 5.74) is 8.49. The Labute approximate surface area is 158 Å². The van der Waals surface area contributed by atoms with Gasteiger partial charge in [0.1, 0.15) is 0 Å². The lowest BCUT2D eigenvalue weighted by atomic mass is 10.2. The largest absolute Gasteiger partial charge is 0.366 e. The average Bonchev–Trinajstić information content (AvgIpc) is 2.64. The van der Waals surface area contributed by atoms with Crippen molar-refractivity contribution >= 4 is 18.3 Å². The molecule has 0 atom stereocenters. The average molecular weight is 370 g/mol. The zero-order valence-electron chi connectivity index (χ0n) is 14.2. The fourth-order valence-electron chi connectivity index (χ4n) is 2.50. The molecule has 0 bridgehead atoms. The number of rotatable bonds is 7. The molecule has 134 valence electrons. The molecular weight excluding hydrogens is 350 g/mol. The number of amides is 1. The van der Waals surface area contributed by atoms with Crippen LogP contribution in [0.2, 0.25) is 0 Å². The minimum Gasteiger partial charge on any atom is -0.366 e.